The van der Waals surface area contributed by atoms with Crippen molar-refractivity contribution in [2.75, 3.05) is 11.9 Å². The van der Waals surface area contributed by atoms with Gasteiger partial charge in [-0.3, -0.25) is 0 Å². The Kier molecular flexibility index (Phi) is 1.81. The third-order valence-electron chi connectivity index (χ3n) is 1.99. The molecule has 0 radical (unpaired) electrons. The summed E-state index contributed by atoms with van der Waals surface area (Å²) in [6.45, 7) is 3.01. The maximum absolute atomic E-state index is 6.00. The summed E-state index contributed by atoms with van der Waals surface area (Å²) < 4.78 is 0. The lowest BCUT2D eigenvalue weighted by Gasteiger charge is -2.17. The highest BCUT2D eigenvalue weighted by Gasteiger charge is 2.08. The van der Waals surface area contributed by atoms with E-state index >= 15 is 0 Å². The number of fused-ring (bicyclic) bond motifs is 1. The Labute approximate surface area is 77.0 Å². The topological polar surface area (TPSA) is 12.0 Å². The van der Waals surface area contributed by atoms with Gasteiger partial charge in [0.1, 0.15) is 0 Å². The number of para-hydroxylation sites is 1. The van der Waals surface area contributed by atoms with E-state index in [1.54, 1.807) is 0 Å². The van der Waals surface area contributed by atoms with Crippen LogP contribution in [0.4, 0.5) is 5.69 Å². The standard InChI is InChI=1S/C10H10ClN/c1-7-5-8-3-2-4-9(11)10(8)12-6-7/h2-5,12H,6H2,1H3. The zero-order chi connectivity index (χ0) is 8.55. The van der Waals surface area contributed by atoms with Gasteiger partial charge in [0.2, 0.25) is 0 Å². The van der Waals surface area contributed by atoms with Gasteiger partial charge in [0.05, 0.1) is 10.7 Å². The van der Waals surface area contributed by atoms with E-state index in [0.29, 0.717) is 0 Å². The second kappa shape index (κ2) is 2.83. The number of halogens is 1. The molecule has 0 amide bonds. The summed E-state index contributed by atoms with van der Waals surface area (Å²) in [5.74, 6) is 0. The predicted molar refractivity (Wildman–Crippen MR) is 53.6 cm³/mol. The largest absolute Gasteiger partial charge is 0.380 e. The zero-order valence-corrected chi connectivity index (χ0v) is 7.65. The van der Waals surface area contributed by atoms with Crippen LogP contribution in [0.3, 0.4) is 0 Å². The van der Waals surface area contributed by atoms with Gasteiger partial charge in [0.25, 0.3) is 0 Å². The maximum atomic E-state index is 6.00. The summed E-state index contributed by atoms with van der Waals surface area (Å²) in [6, 6.07) is 5.94. The van der Waals surface area contributed by atoms with Gasteiger partial charge < -0.3 is 5.32 Å². The van der Waals surface area contributed by atoms with Gasteiger partial charge in [-0.1, -0.05) is 35.4 Å². The number of hydrogen-bond acceptors (Lipinski definition) is 1. The van der Waals surface area contributed by atoms with E-state index in [1.807, 2.05) is 12.1 Å². The van der Waals surface area contributed by atoms with E-state index in [2.05, 4.69) is 24.4 Å². The Morgan fingerprint density at radius 2 is 2.25 bits per heavy atom. The zero-order valence-electron chi connectivity index (χ0n) is 6.89. The van der Waals surface area contributed by atoms with Gasteiger partial charge in [0.15, 0.2) is 0 Å². The summed E-state index contributed by atoms with van der Waals surface area (Å²) in [6.07, 6.45) is 2.16. The van der Waals surface area contributed by atoms with Crippen LogP contribution in [0, 0.1) is 0 Å². The second-order valence-electron chi connectivity index (χ2n) is 3.05. The van der Waals surface area contributed by atoms with E-state index in [0.717, 1.165) is 17.3 Å². The van der Waals surface area contributed by atoms with Crippen LogP contribution in [0.1, 0.15) is 12.5 Å². The summed E-state index contributed by atoms with van der Waals surface area (Å²) >= 11 is 6.00. The summed E-state index contributed by atoms with van der Waals surface area (Å²) in [5.41, 5.74) is 3.58. The minimum Gasteiger partial charge on any atom is -0.380 e. The molecular weight excluding hydrogens is 170 g/mol. The quantitative estimate of drug-likeness (QED) is 0.645. The minimum atomic E-state index is 0.802. The van der Waals surface area contributed by atoms with Crippen molar-refractivity contribution in [2.24, 2.45) is 0 Å². The third-order valence-corrected chi connectivity index (χ3v) is 2.31. The highest BCUT2D eigenvalue weighted by atomic mass is 35.5. The van der Waals surface area contributed by atoms with Crippen LogP contribution in [0.2, 0.25) is 5.02 Å². The predicted octanol–water partition coefficient (Wildman–Crippen LogP) is 3.17. The minimum absolute atomic E-state index is 0.802. The van der Waals surface area contributed by atoms with Crippen LogP contribution in [-0.2, 0) is 0 Å². The molecule has 1 aromatic rings. The SMILES string of the molecule is CC1=Cc2cccc(Cl)c2NC1. The van der Waals surface area contributed by atoms with Gasteiger partial charge in [-0.05, 0) is 18.6 Å². The van der Waals surface area contributed by atoms with Gasteiger partial charge in [0, 0.05) is 6.54 Å². The van der Waals surface area contributed by atoms with Crippen molar-refractivity contribution >= 4 is 23.4 Å². The molecule has 1 aliphatic heterocycles. The van der Waals surface area contributed by atoms with Crippen LogP contribution in [0.15, 0.2) is 23.8 Å². The molecule has 1 aromatic carbocycles. The fraction of sp³-hybridized carbons (Fsp3) is 0.200. The van der Waals surface area contributed by atoms with E-state index in [-0.39, 0.29) is 0 Å². The molecule has 1 aliphatic rings. The molecule has 1 N–H and O–H groups in total. The van der Waals surface area contributed by atoms with Crippen LogP contribution in [-0.4, -0.2) is 6.54 Å². The van der Waals surface area contributed by atoms with Gasteiger partial charge >= 0.3 is 0 Å². The normalized spacial score (nSPS) is 14.7. The van der Waals surface area contributed by atoms with E-state index in [9.17, 15) is 0 Å². The number of anilines is 1. The smallest absolute Gasteiger partial charge is 0.0643 e. The summed E-state index contributed by atoms with van der Waals surface area (Å²) in [4.78, 5) is 0. The first kappa shape index (κ1) is 7.69. The lowest BCUT2D eigenvalue weighted by atomic mass is 10.1. The third kappa shape index (κ3) is 1.21. The van der Waals surface area contributed by atoms with Crippen LogP contribution in [0.25, 0.3) is 6.08 Å². The average molecular weight is 180 g/mol. The molecule has 0 aliphatic carbocycles. The Balaban J connectivity index is 2.57. The Bertz CT molecular complexity index is 342. The Morgan fingerprint density at radius 1 is 1.42 bits per heavy atom. The van der Waals surface area contributed by atoms with E-state index < -0.39 is 0 Å². The fourth-order valence-corrected chi connectivity index (χ4v) is 1.64. The molecular formula is C10H10ClN. The number of nitrogens with one attached hydrogen (secondary N) is 1. The molecule has 0 spiro atoms. The van der Waals surface area contributed by atoms with Crippen molar-refractivity contribution in [3.05, 3.63) is 34.4 Å². The number of rotatable bonds is 0. The molecule has 0 fully saturated rings. The molecule has 12 heavy (non-hydrogen) atoms. The first-order chi connectivity index (χ1) is 5.77. The van der Waals surface area contributed by atoms with Crippen molar-refractivity contribution < 1.29 is 0 Å². The molecule has 1 nitrogen and oxygen atoms in total. The highest BCUT2D eigenvalue weighted by molar-refractivity contribution is 6.33. The first-order valence-corrected chi connectivity index (χ1v) is 4.35. The average Bonchev–Trinajstić information content (AvgIpc) is 2.04. The number of hydrogen-bond donors (Lipinski definition) is 1. The highest BCUT2D eigenvalue weighted by Crippen LogP contribution is 2.30. The molecule has 1 heterocycles. The van der Waals surface area contributed by atoms with Crippen molar-refractivity contribution in [1.29, 1.82) is 0 Å². The summed E-state index contributed by atoms with van der Waals surface area (Å²) in [5, 5.41) is 4.08. The lowest BCUT2D eigenvalue weighted by molar-refractivity contribution is 1.19. The van der Waals surface area contributed by atoms with Crippen LogP contribution >= 0.6 is 11.6 Å². The van der Waals surface area contributed by atoms with Crippen molar-refractivity contribution in [2.45, 2.75) is 6.92 Å². The molecule has 0 saturated carbocycles. The maximum Gasteiger partial charge on any atom is 0.0643 e. The van der Waals surface area contributed by atoms with Crippen molar-refractivity contribution in [1.82, 2.24) is 0 Å². The van der Waals surface area contributed by atoms with Crippen LogP contribution in [0.5, 0.6) is 0 Å². The molecule has 0 unspecified atom stereocenters. The van der Waals surface area contributed by atoms with Gasteiger partial charge in [-0.2, -0.15) is 0 Å². The van der Waals surface area contributed by atoms with E-state index in [4.69, 9.17) is 11.6 Å². The molecule has 0 atom stereocenters. The van der Waals surface area contributed by atoms with E-state index in [1.165, 1.54) is 11.1 Å². The van der Waals surface area contributed by atoms with Gasteiger partial charge in [-0.25, -0.2) is 0 Å². The first-order valence-electron chi connectivity index (χ1n) is 3.97. The Morgan fingerprint density at radius 3 is 3.08 bits per heavy atom. The number of benzene rings is 1. The monoisotopic (exact) mass is 179 g/mol. The molecule has 0 bridgehead atoms. The van der Waals surface area contributed by atoms with Crippen molar-refractivity contribution in [3.8, 4) is 0 Å². The molecule has 0 saturated heterocycles. The molecule has 62 valence electrons. The molecule has 0 aromatic heterocycles. The summed E-state index contributed by atoms with van der Waals surface area (Å²) in [7, 11) is 0. The second-order valence-corrected chi connectivity index (χ2v) is 3.46. The molecule has 2 heteroatoms. The van der Waals surface area contributed by atoms with Crippen LogP contribution < -0.4 is 5.32 Å². The lowest BCUT2D eigenvalue weighted by Crippen LogP contribution is -2.08. The molecule has 2 rings (SSSR count). The van der Waals surface area contributed by atoms with Crippen molar-refractivity contribution in [3.63, 3.8) is 0 Å². The van der Waals surface area contributed by atoms with Gasteiger partial charge in [-0.15, -0.1) is 0 Å². The Hall–Kier alpha value is -0.950. The fourth-order valence-electron chi connectivity index (χ4n) is 1.39.